The van der Waals surface area contributed by atoms with E-state index in [1.165, 1.54) is 12.1 Å². The molecule has 8 heteroatoms. The maximum atomic E-state index is 13.0. The zero-order chi connectivity index (χ0) is 22.7. The molecule has 0 radical (unpaired) electrons. The summed E-state index contributed by atoms with van der Waals surface area (Å²) in [6.07, 6.45) is 4.34. The van der Waals surface area contributed by atoms with E-state index in [1.54, 1.807) is 12.1 Å². The molecule has 2 N–H and O–H groups in total. The summed E-state index contributed by atoms with van der Waals surface area (Å²) < 4.78 is 13.0. The summed E-state index contributed by atoms with van der Waals surface area (Å²) >= 11 is 0. The van der Waals surface area contributed by atoms with Gasteiger partial charge in [0.15, 0.2) is 0 Å². The number of halogens is 1. The summed E-state index contributed by atoms with van der Waals surface area (Å²) in [5, 5.41) is 6.08. The molecule has 3 atom stereocenters. The molecule has 1 aromatic rings. The Morgan fingerprint density at radius 1 is 1.12 bits per heavy atom. The highest BCUT2D eigenvalue weighted by atomic mass is 19.1. The van der Waals surface area contributed by atoms with Gasteiger partial charge >= 0.3 is 0 Å². The molecule has 2 amide bonds. The summed E-state index contributed by atoms with van der Waals surface area (Å²) in [6.45, 7) is 4.12. The minimum atomic E-state index is -0.280. The van der Waals surface area contributed by atoms with Crippen LogP contribution in [0.3, 0.4) is 0 Å². The molecule has 0 aromatic heterocycles. The Bertz CT molecular complexity index is 796. The number of carbonyl (C=O) groups excluding carboxylic acids is 2. The Balaban J connectivity index is 1.30. The van der Waals surface area contributed by atoms with Gasteiger partial charge in [-0.15, -0.1) is 0 Å². The van der Waals surface area contributed by atoms with Crippen molar-refractivity contribution >= 4 is 11.8 Å². The van der Waals surface area contributed by atoms with Gasteiger partial charge in [0.2, 0.25) is 11.8 Å². The van der Waals surface area contributed by atoms with Crippen molar-refractivity contribution in [1.29, 1.82) is 0 Å². The maximum Gasteiger partial charge on any atom is 0.239 e. The van der Waals surface area contributed by atoms with Gasteiger partial charge in [-0.25, -0.2) is 4.39 Å². The van der Waals surface area contributed by atoms with Crippen molar-refractivity contribution < 1.29 is 14.0 Å². The van der Waals surface area contributed by atoms with Gasteiger partial charge in [0, 0.05) is 44.2 Å². The molecule has 3 aliphatic heterocycles. The molecule has 0 bridgehead atoms. The fourth-order valence-electron chi connectivity index (χ4n) is 5.52. The molecule has 0 unspecified atom stereocenters. The molecule has 0 aliphatic carbocycles. The lowest BCUT2D eigenvalue weighted by Crippen LogP contribution is -2.54. The third-order valence-corrected chi connectivity index (χ3v) is 7.55. The number of likely N-dealkylation sites (tertiary alicyclic amines) is 2. The smallest absolute Gasteiger partial charge is 0.239 e. The van der Waals surface area contributed by atoms with Gasteiger partial charge in [-0.1, -0.05) is 12.1 Å². The van der Waals surface area contributed by atoms with Gasteiger partial charge < -0.3 is 15.5 Å². The van der Waals surface area contributed by atoms with Crippen molar-refractivity contribution in [3.63, 3.8) is 0 Å². The van der Waals surface area contributed by atoms with Gasteiger partial charge in [0.25, 0.3) is 0 Å². The Morgan fingerprint density at radius 2 is 1.84 bits per heavy atom. The zero-order valence-electron chi connectivity index (χ0n) is 19.2. The molecule has 4 rings (SSSR count). The minimum Gasteiger partial charge on any atom is -0.353 e. The predicted octanol–water partition coefficient (Wildman–Crippen LogP) is 1.19. The predicted molar refractivity (Wildman–Crippen MR) is 121 cm³/mol. The van der Waals surface area contributed by atoms with E-state index in [4.69, 9.17) is 0 Å². The van der Waals surface area contributed by atoms with Gasteiger partial charge in [-0.3, -0.25) is 19.4 Å². The van der Waals surface area contributed by atoms with E-state index in [0.717, 1.165) is 44.5 Å². The van der Waals surface area contributed by atoms with Crippen molar-refractivity contribution in [3.8, 4) is 0 Å². The van der Waals surface area contributed by atoms with E-state index in [2.05, 4.69) is 39.4 Å². The zero-order valence-corrected chi connectivity index (χ0v) is 19.2. The third kappa shape index (κ3) is 5.30. The van der Waals surface area contributed by atoms with Crippen molar-refractivity contribution in [2.75, 3.05) is 40.3 Å². The standard InChI is InChI=1S/C24H36FN5O2/c1-28-12-9-19(10-13-28)30-14-11-21-23(30)24(32)27-16-20(29(21)2)7-8-22(31)26-15-17-3-5-18(25)6-4-17/h3-6,19-21,23H,7-16H2,1-2H3,(H,26,31)(H,27,32)/t20-,21+,23-/m0/s1. The number of amides is 2. The SMILES string of the molecule is CN1CCC(N2CC[C@@H]3[C@H]2C(=O)NC[C@H](CCC(=O)NCc2ccc(F)cc2)N3C)CC1. The van der Waals surface area contributed by atoms with E-state index in [1.807, 2.05) is 0 Å². The van der Waals surface area contributed by atoms with Gasteiger partial charge in [0.1, 0.15) is 11.9 Å². The van der Waals surface area contributed by atoms with Crippen LogP contribution in [0.1, 0.15) is 37.7 Å². The van der Waals surface area contributed by atoms with Crippen LogP contribution in [-0.2, 0) is 16.1 Å². The Morgan fingerprint density at radius 3 is 2.56 bits per heavy atom. The lowest BCUT2D eigenvalue weighted by molar-refractivity contribution is -0.127. The van der Waals surface area contributed by atoms with Gasteiger partial charge in [0.05, 0.1) is 0 Å². The lowest BCUT2D eigenvalue weighted by Gasteiger charge is -2.39. The molecular formula is C24H36FN5O2. The van der Waals surface area contributed by atoms with Crippen LogP contribution < -0.4 is 10.6 Å². The second-order valence-electron chi connectivity index (χ2n) is 9.58. The van der Waals surface area contributed by atoms with Crippen LogP contribution in [0.5, 0.6) is 0 Å². The Labute approximate surface area is 190 Å². The number of hydrogen-bond donors (Lipinski definition) is 2. The van der Waals surface area contributed by atoms with Crippen LogP contribution in [0.4, 0.5) is 4.39 Å². The summed E-state index contributed by atoms with van der Waals surface area (Å²) in [7, 11) is 4.27. The number of fused-ring (bicyclic) bond motifs is 1. The van der Waals surface area contributed by atoms with E-state index >= 15 is 0 Å². The highest BCUT2D eigenvalue weighted by Crippen LogP contribution is 2.31. The average molecular weight is 446 g/mol. The quantitative estimate of drug-likeness (QED) is 0.689. The van der Waals surface area contributed by atoms with Gasteiger partial charge in [-0.2, -0.15) is 0 Å². The van der Waals surface area contributed by atoms with Crippen molar-refractivity contribution in [1.82, 2.24) is 25.3 Å². The topological polar surface area (TPSA) is 67.9 Å². The molecular weight excluding hydrogens is 409 g/mol. The normalized spacial score (nSPS) is 28.2. The number of piperidine rings is 1. The van der Waals surface area contributed by atoms with E-state index in [-0.39, 0.29) is 35.8 Å². The number of rotatable bonds is 6. The first-order valence-electron chi connectivity index (χ1n) is 11.9. The van der Waals surface area contributed by atoms with Crippen LogP contribution in [0.25, 0.3) is 0 Å². The van der Waals surface area contributed by atoms with Gasteiger partial charge in [-0.05, 0) is 70.6 Å². The molecule has 32 heavy (non-hydrogen) atoms. The maximum absolute atomic E-state index is 13.0. The lowest BCUT2D eigenvalue weighted by atomic mass is 10.0. The number of nitrogens with zero attached hydrogens (tertiary/aromatic N) is 3. The van der Waals surface area contributed by atoms with E-state index in [9.17, 15) is 14.0 Å². The summed E-state index contributed by atoms with van der Waals surface area (Å²) in [4.78, 5) is 32.6. The average Bonchev–Trinajstić information content (AvgIpc) is 3.19. The molecule has 3 heterocycles. The fourth-order valence-corrected chi connectivity index (χ4v) is 5.52. The van der Waals surface area contributed by atoms with Crippen LogP contribution in [-0.4, -0.2) is 91.0 Å². The number of benzene rings is 1. The Hall–Kier alpha value is -2.03. The molecule has 3 fully saturated rings. The summed E-state index contributed by atoms with van der Waals surface area (Å²) in [5.41, 5.74) is 0.876. The first-order chi connectivity index (χ1) is 15.4. The number of likely N-dealkylation sites (N-methyl/N-ethyl adjacent to an activating group) is 1. The number of nitrogens with one attached hydrogen (secondary N) is 2. The third-order valence-electron chi connectivity index (χ3n) is 7.55. The van der Waals surface area contributed by atoms with Crippen LogP contribution in [0.15, 0.2) is 24.3 Å². The van der Waals surface area contributed by atoms with Crippen molar-refractivity contribution in [2.24, 2.45) is 0 Å². The molecule has 0 saturated carbocycles. The monoisotopic (exact) mass is 445 g/mol. The van der Waals surface area contributed by atoms with Crippen LogP contribution >= 0.6 is 0 Å². The van der Waals surface area contributed by atoms with E-state index in [0.29, 0.717) is 32.0 Å². The second kappa shape index (κ2) is 10.3. The largest absolute Gasteiger partial charge is 0.353 e. The highest BCUT2D eigenvalue weighted by molar-refractivity contribution is 5.83. The van der Waals surface area contributed by atoms with Crippen molar-refractivity contribution in [2.45, 2.75) is 62.8 Å². The molecule has 3 aliphatic rings. The first kappa shape index (κ1) is 23.1. The molecule has 0 spiro atoms. The molecule has 7 nitrogen and oxygen atoms in total. The summed E-state index contributed by atoms with van der Waals surface area (Å²) in [6, 6.07) is 6.89. The second-order valence-corrected chi connectivity index (χ2v) is 9.58. The van der Waals surface area contributed by atoms with E-state index < -0.39 is 0 Å². The fraction of sp³-hybridized carbons (Fsp3) is 0.667. The first-order valence-corrected chi connectivity index (χ1v) is 11.9. The van der Waals surface area contributed by atoms with Crippen LogP contribution in [0, 0.1) is 5.82 Å². The van der Waals surface area contributed by atoms with Crippen molar-refractivity contribution in [3.05, 3.63) is 35.6 Å². The summed E-state index contributed by atoms with van der Waals surface area (Å²) in [5.74, 6) is -0.158. The van der Waals surface area contributed by atoms with Crippen LogP contribution in [0.2, 0.25) is 0 Å². The number of carbonyl (C=O) groups is 2. The highest BCUT2D eigenvalue weighted by Gasteiger charge is 2.47. The molecule has 176 valence electrons. The Kier molecular flexibility index (Phi) is 7.43. The molecule has 1 aromatic carbocycles. The molecule has 3 saturated heterocycles. The minimum absolute atomic E-state index is 0.0192. The number of hydrogen-bond acceptors (Lipinski definition) is 5.